The van der Waals surface area contributed by atoms with Gasteiger partial charge >= 0.3 is 0 Å². The van der Waals surface area contributed by atoms with Crippen molar-refractivity contribution in [1.29, 1.82) is 0 Å². The van der Waals surface area contributed by atoms with Crippen LogP contribution in [0, 0.1) is 6.92 Å². The molecule has 1 aromatic heterocycles. The van der Waals surface area contributed by atoms with Crippen LogP contribution in [-0.2, 0) is 11.2 Å². The highest BCUT2D eigenvalue weighted by Gasteiger charge is 2.10. The maximum Gasteiger partial charge on any atom is 0.232 e. The number of nitrogens with one attached hydrogen (secondary N) is 1. The molecule has 2 aromatic rings. The van der Waals surface area contributed by atoms with E-state index < -0.39 is 0 Å². The van der Waals surface area contributed by atoms with Gasteiger partial charge in [-0.3, -0.25) is 9.59 Å². The Balaban J connectivity index is 2.02. The first-order valence-corrected chi connectivity index (χ1v) is 5.74. The molecule has 0 saturated carbocycles. The molecule has 1 amide bonds. The lowest BCUT2D eigenvalue weighted by Gasteiger charge is -2.04. The standard InChI is InChI=1S/C13H13N3O3/c1-8(17)10-4-3-5-11(6-10)15-13(18)7-12-14-9(2)19-16-12/h3-6H,7H2,1-2H3,(H,15,18). The number of hydrogen-bond donors (Lipinski definition) is 1. The Morgan fingerprint density at radius 2 is 2.16 bits per heavy atom. The normalized spacial score (nSPS) is 10.2. The molecule has 6 heteroatoms. The number of amides is 1. The van der Waals surface area contributed by atoms with E-state index in [0.717, 1.165) is 0 Å². The first kappa shape index (κ1) is 12.9. The van der Waals surface area contributed by atoms with Crippen molar-refractivity contribution in [2.45, 2.75) is 20.3 Å². The third-order valence-electron chi connectivity index (χ3n) is 2.44. The molecule has 0 unspecified atom stereocenters. The Bertz CT molecular complexity index is 619. The predicted octanol–water partition coefficient (Wildman–Crippen LogP) is 1.76. The van der Waals surface area contributed by atoms with Gasteiger partial charge in [-0.05, 0) is 19.1 Å². The van der Waals surface area contributed by atoms with Crippen molar-refractivity contribution in [1.82, 2.24) is 10.1 Å². The van der Waals surface area contributed by atoms with Crippen LogP contribution in [-0.4, -0.2) is 21.8 Å². The zero-order valence-electron chi connectivity index (χ0n) is 10.6. The first-order chi connectivity index (χ1) is 9.04. The van der Waals surface area contributed by atoms with Crippen LogP contribution in [0.3, 0.4) is 0 Å². The highest BCUT2D eigenvalue weighted by atomic mass is 16.5. The molecule has 0 radical (unpaired) electrons. The van der Waals surface area contributed by atoms with Crippen LogP contribution in [0.15, 0.2) is 28.8 Å². The molecule has 98 valence electrons. The number of rotatable bonds is 4. The number of ketones is 1. The van der Waals surface area contributed by atoms with E-state index in [1.807, 2.05) is 0 Å². The van der Waals surface area contributed by atoms with E-state index in [4.69, 9.17) is 4.52 Å². The molecule has 1 N–H and O–H groups in total. The number of benzene rings is 1. The van der Waals surface area contributed by atoms with Crippen LogP contribution in [0.5, 0.6) is 0 Å². The summed E-state index contributed by atoms with van der Waals surface area (Å²) in [6, 6.07) is 6.75. The van der Waals surface area contributed by atoms with Crippen molar-refractivity contribution in [3.8, 4) is 0 Å². The molecular weight excluding hydrogens is 246 g/mol. The third kappa shape index (κ3) is 3.48. The van der Waals surface area contributed by atoms with E-state index in [1.54, 1.807) is 31.2 Å². The summed E-state index contributed by atoms with van der Waals surface area (Å²) in [6.07, 6.45) is 0.0294. The van der Waals surface area contributed by atoms with Crippen molar-refractivity contribution in [2.24, 2.45) is 0 Å². The second-order valence-corrected chi connectivity index (χ2v) is 4.09. The van der Waals surface area contributed by atoms with E-state index >= 15 is 0 Å². The van der Waals surface area contributed by atoms with Crippen LogP contribution >= 0.6 is 0 Å². The van der Waals surface area contributed by atoms with Gasteiger partial charge in [0.2, 0.25) is 11.8 Å². The minimum atomic E-state index is -0.262. The highest BCUT2D eigenvalue weighted by Crippen LogP contribution is 2.11. The molecule has 19 heavy (non-hydrogen) atoms. The van der Waals surface area contributed by atoms with Crippen LogP contribution < -0.4 is 5.32 Å². The van der Waals surface area contributed by atoms with Crippen LogP contribution in [0.1, 0.15) is 29.0 Å². The topological polar surface area (TPSA) is 85.1 Å². The molecule has 0 saturated heterocycles. The van der Waals surface area contributed by atoms with Gasteiger partial charge in [0.05, 0.1) is 6.42 Å². The Hall–Kier alpha value is -2.50. The number of nitrogens with zero attached hydrogens (tertiary/aromatic N) is 2. The fourth-order valence-electron chi connectivity index (χ4n) is 1.58. The average Bonchev–Trinajstić information content (AvgIpc) is 2.74. The zero-order chi connectivity index (χ0) is 13.8. The molecule has 0 aliphatic heterocycles. The zero-order valence-corrected chi connectivity index (χ0v) is 10.6. The number of aromatic nitrogens is 2. The molecule has 0 aliphatic rings. The minimum Gasteiger partial charge on any atom is -0.340 e. The van der Waals surface area contributed by atoms with Crippen molar-refractivity contribution < 1.29 is 14.1 Å². The highest BCUT2D eigenvalue weighted by molar-refractivity contribution is 5.97. The van der Waals surface area contributed by atoms with E-state index in [2.05, 4.69) is 15.5 Å². The maximum atomic E-state index is 11.8. The van der Waals surface area contributed by atoms with E-state index in [0.29, 0.717) is 23.0 Å². The quantitative estimate of drug-likeness (QED) is 0.845. The smallest absolute Gasteiger partial charge is 0.232 e. The van der Waals surface area contributed by atoms with E-state index in [1.165, 1.54) is 6.92 Å². The maximum absolute atomic E-state index is 11.8. The molecule has 2 rings (SSSR count). The Kier molecular flexibility index (Phi) is 3.70. The van der Waals surface area contributed by atoms with E-state index in [9.17, 15) is 9.59 Å². The monoisotopic (exact) mass is 259 g/mol. The molecule has 0 atom stereocenters. The molecule has 1 heterocycles. The van der Waals surface area contributed by atoms with Crippen molar-refractivity contribution >= 4 is 17.4 Å². The van der Waals surface area contributed by atoms with Gasteiger partial charge in [-0.15, -0.1) is 0 Å². The van der Waals surface area contributed by atoms with Crippen molar-refractivity contribution in [3.05, 3.63) is 41.5 Å². The van der Waals surface area contributed by atoms with Gasteiger partial charge in [0.25, 0.3) is 0 Å². The predicted molar refractivity (Wildman–Crippen MR) is 67.8 cm³/mol. The lowest BCUT2D eigenvalue weighted by Crippen LogP contribution is -2.15. The summed E-state index contributed by atoms with van der Waals surface area (Å²) in [6.45, 7) is 3.13. The summed E-state index contributed by atoms with van der Waals surface area (Å²) in [5, 5.41) is 6.32. The van der Waals surface area contributed by atoms with Gasteiger partial charge in [0.1, 0.15) is 0 Å². The number of carbonyl (C=O) groups is 2. The summed E-state index contributed by atoms with van der Waals surface area (Å²) in [7, 11) is 0. The second kappa shape index (κ2) is 5.43. The van der Waals surface area contributed by atoms with Crippen molar-refractivity contribution in [3.63, 3.8) is 0 Å². The first-order valence-electron chi connectivity index (χ1n) is 5.74. The summed E-state index contributed by atoms with van der Waals surface area (Å²) in [5.41, 5.74) is 1.12. The average molecular weight is 259 g/mol. The SMILES string of the molecule is CC(=O)c1cccc(NC(=O)Cc2noc(C)n2)c1. The summed E-state index contributed by atoms with van der Waals surface area (Å²) < 4.78 is 4.78. The third-order valence-corrected chi connectivity index (χ3v) is 2.44. The lowest BCUT2D eigenvalue weighted by atomic mass is 10.1. The summed E-state index contributed by atoms with van der Waals surface area (Å²) in [5.74, 6) is 0.436. The molecular formula is C13H13N3O3. The Morgan fingerprint density at radius 3 is 2.79 bits per heavy atom. The Morgan fingerprint density at radius 1 is 1.37 bits per heavy atom. The number of anilines is 1. The Labute approximate surface area is 109 Å². The minimum absolute atomic E-state index is 0.0294. The van der Waals surface area contributed by atoms with Gasteiger partial charge in [0, 0.05) is 18.2 Å². The van der Waals surface area contributed by atoms with Crippen molar-refractivity contribution in [2.75, 3.05) is 5.32 Å². The largest absolute Gasteiger partial charge is 0.340 e. The molecule has 1 aromatic carbocycles. The van der Waals surface area contributed by atoms with E-state index in [-0.39, 0.29) is 18.1 Å². The molecule has 0 spiro atoms. The number of aryl methyl sites for hydroxylation is 1. The fraction of sp³-hybridized carbons (Fsp3) is 0.231. The van der Waals surface area contributed by atoms with Gasteiger partial charge in [-0.1, -0.05) is 17.3 Å². The van der Waals surface area contributed by atoms with Gasteiger partial charge in [-0.2, -0.15) is 4.98 Å². The van der Waals surface area contributed by atoms with Gasteiger partial charge in [-0.25, -0.2) is 0 Å². The lowest BCUT2D eigenvalue weighted by molar-refractivity contribution is -0.115. The summed E-state index contributed by atoms with van der Waals surface area (Å²) in [4.78, 5) is 26.9. The van der Waals surface area contributed by atoms with Gasteiger partial charge < -0.3 is 9.84 Å². The molecule has 6 nitrogen and oxygen atoms in total. The fourth-order valence-corrected chi connectivity index (χ4v) is 1.58. The summed E-state index contributed by atoms with van der Waals surface area (Å²) >= 11 is 0. The second-order valence-electron chi connectivity index (χ2n) is 4.09. The number of carbonyl (C=O) groups excluding carboxylic acids is 2. The molecule has 0 bridgehead atoms. The van der Waals surface area contributed by atoms with Crippen LogP contribution in [0.25, 0.3) is 0 Å². The number of hydrogen-bond acceptors (Lipinski definition) is 5. The molecule has 0 aliphatic carbocycles. The van der Waals surface area contributed by atoms with Gasteiger partial charge in [0.15, 0.2) is 11.6 Å². The molecule has 0 fully saturated rings. The van der Waals surface area contributed by atoms with Crippen LogP contribution in [0.2, 0.25) is 0 Å². The van der Waals surface area contributed by atoms with Crippen LogP contribution in [0.4, 0.5) is 5.69 Å². The number of Topliss-reactive ketones (excluding diaryl/α,β-unsaturated/α-hetero) is 1.